The minimum absolute atomic E-state index is 0.335. The molecule has 0 fully saturated rings. The molecule has 6 nitrogen and oxygen atoms in total. The van der Waals surface area contributed by atoms with Crippen molar-refractivity contribution in [3.8, 4) is 0 Å². The van der Waals surface area contributed by atoms with E-state index in [1.54, 1.807) is 18.2 Å². The van der Waals surface area contributed by atoms with Gasteiger partial charge in [0, 0.05) is 17.6 Å². The molecule has 6 heteroatoms. The van der Waals surface area contributed by atoms with Crippen molar-refractivity contribution in [1.29, 1.82) is 0 Å². The fraction of sp³-hybridized carbons (Fsp3) is 0.0769. The zero-order valence-electron chi connectivity index (χ0n) is 10.3. The van der Waals surface area contributed by atoms with E-state index in [0.717, 1.165) is 0 Å². The van der Waals surface area contributed by atoms with Crippen molar-refractivity contribution in [3.05, 3.63) is 47.8 Å². The summed E-state index contributed by atoms with van der Waals surface area (Å²) in [5.74, 6) is -0.793. The average molecular weight is 259 g/mol. The quantitative estimate of drug-likeness (QED) is 0.730. The van der Waals surface area contributed by atoms with Crippen LogP contribution in [0, 0.1) is 0 Å². The lowest BCUT2D eigenvalue weighted by molar-refractivity contribution is 0.0600. The maximum Gasteiger partial charge on any atom is 0.337 e. The van der Waals surface area contributed by atoms with Crippen LogP contribution in [0.4, 0.5) is 11.4 Å². The first-order valence-corrected chi connectivity index (χ1v) is 5.54. The van der Waals surface area contributed by atoms with E-state index in [9.17, 15) is 9.59 Å². The minimum atomic E-state index is -0.458. The van der Waals surface area contributed by atoms with Crippen LogP contribution < -0.4 is 11.1 Å². The predicted molar refractivity (Wildman–Crippen MR) is 70.9 cm³/mol. The summed E-state index contributed by atoms with van der Waals surface area (Å²) in [6.07, 6.45) is 1.53. The molecule has 0 unspecified atom stereocenters. The van der Waals surface area contributed by atoms with E-state index in [1.165, 1.54) is 25.4 Å². The number of carbonyl (C=O) groups excluding carboxylic acids is 2. The van der Waals surface area contributed by atoms with Crippen molar-refractivity contribution in [2.24, 2.45) is 0 Å². The first-order valence-electron chi connectivity index (χ1n) is 5.54. The van der Waals surface area contributed by atoms with Gasteiger partial charge >= 0.3 is 5.97 Å². The molecular formula is C13H13N3O3. The Hall–Kier alpha value is -2.76. The zero-order valence-corrected chi connectivity index (χ0v) is 10.3. The van der Waals surface area contributed by atoms with E-state index < -0.39 is 5.97 Å². The highest BCUT2D eigenvalue weighted by atomic mass is 16.5. The van der Waals surface area contributed by atoms with E-state index in [4.69, 9.17) is 5.73 Å². The van der Waals surface area contributed by atoms with E-state index in [0.29, 0.717) is 22.6 Å². The molecule has 1 aromatic carbocycles. The van der Waals surface area contributed by atoms with Gasteiger partial charge in [-0.3, -0.25) is 4.79 Å². The topological polar surface area (TPSA) is 97.2 Å². The molecule has 0 saturated carbocycles. The molecule has 0 saturated heterocycles. The molecule has 2 aromatic rings. The number of aromatic amines is 1. The number of ether oxygens (including phenoxy) is 1. The van der Waals surface area contributed by atoms with E-state index in [2.05, 4.69) is 15.0 Å². The summed E-state index contributed by atoms with van der Waals surface area (Å²) in [4.78, 5) is 26.0. The summed E-state index contributed by atoms with van der Waals surface area (Å²) in [6.45, 7) is 0. The van der Waals surface area contributed by atoms with Crippen LogP contribution >= 0.6 is 0 Å². The molecule has 2 rings (SSSR count). The number of anilines is 2. The molecule has 4 N–H and O–H groups in total. The Morgan fingerprint density at radius 1 is 1.32 bits per heavy atom. The number of hydrogen-bond acceptors (Lipinski definition) is 4. The number of nitrogens with one attached hydrogen (secondary N) is 2. The molecular weight excluding hydrogens is 246 g/mol. The van der Waals surface area contributed by atoms with E-state index >= 15 is 0 Å². The SMILES string of the molecule is COC(=O)c1cccc(NC(=O)c2cc(N)c[nH]2)c1. The van der Waals surface area contributed by atoms with Crippen LogP contribution in [0.25, 0.3) is 0 Å². The van der Waals surface area contributed by atoms with Gasteiger partial charge in [0.05, 0.1) is 12.7 Å². The predicted octanol–water partition coefficient (Wildman–Crippen LogP) is 1.64. The first-order chi connectivity index (χ1) is 9.10. The third-order valence-electron chi connectivity index (χ3n) is 2.49. The Kier molecular flexibility index (Phi) is 3.51. The van der Waals surface area contributed by atoms with Gasteiger partial charge in [0.1, 0.15) is 5.69 Å². The number of nitrogens with two attached hydrogens (primary N) is 1. The highest BCUT2D eigenvalue weighted by Crippen LogP contribution is 2.13. The van der Waals surface area contributed by atoms with E-state index in [1.807, 2.05) is 0 Å². The third kappa shape index (κ3) is 2.92. The van der Waals surface area contributed by atoms with Crippen molar-refractivity contribution in [1.82, 2.24) is 4.98 Å². The van der Waals surface area contributed by atoms with Crippen LogP contribution in [-0.2, 0) is 4.74 Å². The number of benzene rings is 1. The van der Waals surface area contributed by atoms with Gasteiger partial charge in [-0.2, -0.15) is 0 Å². The summed E-state index contributed by atoms with van der Waals surface area (Å²) in [6, 6.07) is 8.01. The number of esters is 1. The molecule has 1 heterocycles. The summed E-state index contributed by atoms with van der Waals surface area (Å²) in [7, 11) is 1.30. The number of rotatable bonds is 3. The second kappa shape index (κ2) is 5.26. The lowest BCUT2D eigenvalue weighted by atomic mass is 10.2. The van der Waals surface area contributed by atoms with Gasteiger partial charge in [-0.1, -0.05) is 6.07 Å². The molecule has 0 aliphatic carbocycles. The molecule has 19 heavy (non-hydrogen) atoms. The van der Waals surface area contributed by atoms with Gasteiger partial charge in [0.2, 0.25) is 0 Å². The molecule has 1 amide bonds. The molecule has 98 valence electrons. The Morgan fingerprint density at radius 3 is 2.74 bits per heavy atom. The number of nitrogen functional groups attached to an aromatic ring is 1. The zero-order chi connectivity index (χ0) is 13.8. The fourth-order valence-electron chi connectivity index (χ4n) is 1.58. The second-order valence-electron chi connectivity index (χ2n) is 3.87. The average Bonchev–Trinajstić information content (AvgIpc) is 2.85. The maximum absolute atomic E-state index is 11.9. The highest BCUT2D eigenvalue weighted by Gasteiger charge is 2.10. The Bertz CT molecular complexity index is 619. The first kappa shape index (κ1) is 12.7. The van der Waals surface area contributed by atoms with Crippen LogP contribution in [0.2, 0.25) is 0 Å². The molecule has 0 atom stereocenters. The van der Waals surface area contributed by atoms with Crippen molar-refractivity contribution >= 4 is 23.3 Å². The van der Waals surface area contributed by atoms with Gasteiger partial charge in [-0.05, 0) is 24.3 Å². The molecule has 0 aliphatic heterocycles. The fourth-order valence-corrected chi connectivity index (χ4v) is 1.58. The largest absolute Gasteiger partial charge is 0.465 e. The summed E-state index contributed by atoms with van der Waals surface area (Å²) in [5.41, 5.74) is 7.22. The Morgan fingerprint density at radius 2 is 2.11 bits per heavy atom. The van der Waals surface area contributed by atoms with Crippen molar-refractivity contribution in [2.75, 3.05) is 18.2 Å². The molecule has 0 aliphatic rings. The van der Waals surface area contributed by atoms with Crippen LogP contribution in [0.5, 0.6) is 0 Å². The lowest BCUT2D eigenvalue weighted by Gasteiger charge is -2.05. The lowest BCUT2D eigenvalue weighted by Crippen LogP contribution is -2.12. The van der Waals surface area contributed by atoms with Gasteiger partial charge in [-0.15, -0.1) is 0 Å². The van der Waals surface area contributed by atoms with Gasteiger partial charge < -0.3 is 20.8 Å². The van der Waals surface area contributed by atoms with Crippen molar-refractivity contribution < 1.29 is 14.3 Å². The maximum atomic E-state index is 11.9. The molecule has 0 spiro atoms. The van der Waals surface area contributed by atoms with Crippen LogP contribution in [0.1, 0.15) is 20.8 Å². The minimum Gasteiger partial charge on any atom is -0.465 e. The Labute approximate surface area is 109 Å². The molecule has 0 radical (unpaired) electrons. The van der Waals surface area contributed by atoms with Crippen LogP contribution in [0.3, 0.4) is 0 Å². The van der Waals surface area contributed by atoms with Crippen molar-refractivity contribution in [2.45, 2.75) is 0 Å². The van der Waals surface area contributed by atoms with Gasteiger partial charge in [-0.25, -0.2) is 4.79 Å². The van der Waals surface area contributed by atoms with Gasteiger partial charge in [0.25, 0.3) is 5.91 Å². The number of aromatic nitrogens is 1. The van der Waals surface area contributed by atoms with Gasteiger partial charge in [0.15, 0.2) is 0 Å². The third-order valence-corrected chi connectivity index (χ3v) is 2.49. The molecule has 1 aromatic heterocycles. The summed E-state index contributed by atoms with van der Waals surface area (Å²) < 4.78 is 4.61. The standard InChI is InChI=1S/C13H13N3O3/c1-19-13(18)8-3-2-4-10(5-8)16-12(17)11-6-9(14)7-15-11/h2-7,15H,14H2,1H3,(H,16,17). The number of amides is 1. The normalized spacial score (nSPS) is 9.95. The number of H-pyrrole nitrogens is 1. The smallest absolute Gasteiger partial charge is 0.337 e. The number of hydrogen-bond donors (Lipinski definition) is 3. The second-order valence-corrected chi connectivity index (χ2v) is 3.87. The van der Waals surface area contributed by atoms with Crippen molar-refractivity contribution in [3.63, 3.8) is 0 Å². The van der Waals surface area contributed by atoms with Crippen LogP contribution in [0.15, 0.2) is 36.5 Å². The summed E-state index contributed by atoms with van der Waals surface area (Å²) >= 11 is 0. The summed E-state index contributed by atoms with van der Waals surface area (Å²) in [5, 5.41) is 2.66. The Balaban J connectivity index is 2.15. The molecule has 0 bridgehead atoms. The van der Waals surface area contributed by atoms with E-state index in [-0.39, 0.29) is 5.91 Å². The highest BCUT2D eigenvalue weighted by molar-refractivity contribution is 6.04. The van der Waals surface area contributed by atoms with Crippen LogP contribution in [-0.4, -0.2) is 24.0 Å². The monoisotopic (exact) mass is 259 g/mol. The number of carbonyl (C=O) groups is 2. The number of methoxy groups -OCH3 is 1.